The Balaban J connectivity index is 2.02. The predicted octanol–water partition coefficient (Wildman–Crippen LogP) is 2.54. The zero-order chi connectivity index (χ0) is 11.1. The number of hydrogen-bond acceptors (Lipinski definition) is 2. The second-order valence-electron chi connectivity index (χ2n) is 5.38. The van der Waals surface area contributed by atoms with Crippen molar-refractivity contribution in [3.05, 3.63) is 0 Å². The molecule has 1 aliphatic carbocycles. The minimum atomic E-state index is 0.601. The van der Waals surface area contributed by atoms with Crippen LogP contribution in [-0.2, 0) is 0 Å². The monoisotopic (exact) mass is 212 g/mol. The van der Waals surface area contributed by atoms with Gasteiger partial charge in [-0.25, -0.2) is 0 Å². The summed E-state index contributed by atoms with van der Waals surface area (Å²) >= 11 is 0. The summed E-state index contributed by atoms with van der Waals surface area (Å²) < 4.78 is 0. The van der Waals surface area contributed by atoms with Crippen molar-refractivity contribution in [3.8, 4) is 0 Å². The van der Waals surface area contributed by atoms with Gasteiger partial charge in [-0.3, -0.25) is 0 Å². The molecule has 1 unspecified atom stereocenters. The van der Waals surface area contributed by atoms with Crippen molar-refractivity contribution < 1.29 is 0 Å². The van der Waals surface area contributed by atoms with Gasteiger partial charge in [0.2, 0.25) is 0 Å². The summed E-state index contributed by atoms with van der Waals surface area (Å²) in [6.45, 7) is 8.99. The highest BCUT2D eigenvalue weighted by Crippen LogP contribution is 2.22. The second-order valence-corrected chi connectivity index (χ2v) is 5.38. The third-order valence-corrected chi connectivity index (χ3v) is 3.31. The van der Waals surface area contributed by atoms with Crippen molar-refractivity contribution in [1.29, 1.82) is 0 Å². The molecule has 15 heavy (non-hydrogen) atoms. The van der Waals surface area contributed by atoms with E-state index in [0.29, 0.717) is 12.1 Å². The molecular formula is C13H28N2. The Labute approximate surface area is 95.2 Å². The Morgan fingerprint density at radius 1 is 1.00 bits per heavy atom. The lowest BCUT2D eigenvalue weighted by molar-refractivity contribution is 0.326. The van der Waals surface area contributed by atoms with E-state index in [0.717, 1.165) is 12.5 Å². The van der Waals surface area contributed by atoms with E-state index in [-0.39, 0.29) is 0 Å². The minimum Gasteiger partial charge on any atom is -0.313 e. The van der Waals surface area contributed by atoms with Gasteiger partial charge in [0.05, 0.1) is 0 Å². The van der Waals surface area contributed by atoms with E-state index in [1.807, 2.05) is 0 Å². The van der Waals surface area contributed by atoms with E-state index in [1.165, 1.54) is 38.6 Å². The maximum absolute atomic E-state index is 3.65. The van der Waals surface area contributed by atoms with E-state index >= 15 is 0 Å². The zero-order valence-corrected chi connectivity index (χ0v) is 10.7. The van der Waals surface area contributed by atoms with Crippen LogP contribution in [0.2, 0.25) is 0 Å². The van der Waals surface area contributed by atoms with Gasteiger partial charge in [-0.1, -0.05) is 33.1 Å². The SMILES string of the molecule is CC(C)NCC(C)NCC1CCCCC1. The van der Waals surface area contributed by atoms with E-state index in [4.69, 9.17) is 0 Å². The summed E-state index contributed by atoms with van der Waals surface area (Å²) in [5.74, 6) is 0.945. The molecule has 1 saturated carbocycles. The van der Waals surface area contributed by atoms with Gasteiger partial charge in [0.15, 0.2) is 0 Å². The Hall–Kier alpha value is -0.0800. The average molecular weight is 212 g/mol. The standard InChI is InChI=1S/C13H28N2/c1-11(2)14-9-12(3)15-10-13-7-5-4-6-8-13/h11-15H,4-10H2,1-3H3. The Bertz CT molecular complexity index is 151. The molecule has 1 fully saturated rings. The smallest absolute Gasteiger partial charge is 0.0164 e. The molecule has 0 bridgehead atoms. The molecule has 1 atom stereocenters. The van der Waals surface area contributed by atoms with Gasteiger partial charge in [0.1, 0.15) is 0 Å². The Morgan fingerprint density at radius 3 is 2.27 bits per heavy atom. The van der Waals surface area contributed by atoms with Crippen molar-refractivity contribution in [1.82, 2.24) is 10.6 Å². The lowest BCUT2D eigenvalue weighted by Crippen LogP contribution is -2.41. The fourth-order valence-corrected chi connectivity index (χ4v) is 2.24. The van der Waals surface area contributed by atoms with Crippen LogP contribution in [0.3, 0.4) is 0 Å². The van der Waals surface area contributed by atoms with Crippen molar-refractivity contribution in [2.45, 2.75) is 65.0 Å². The number of rotatable bonds is 6. The van der Waals surface area contributed by atoms with E-state index < -0.39 is 0 Å². The molecule has 0 radical (unpaired) electrons. The van der Waals surface area contributed by atoms with E-state index in [2.05, 4.69) is 31.4 Å². The molecule has 1 aliphatic rings. The molecule has 1 rings (SSSR count). The van der Waals surface area contributed by atoms with Crippen LogP contribution in [0.1, 0.15) is 52.9 Å². The molecule has 90 valence electrons. The molecular weight excluding hydrogens is 184 g/mol. The quantitative estimate of drug-likeness (QED) is 0.707. The largest absolute Gasteiger partial charge is 0.313 e. The van der Waals surface area contributed by atoms with Crippen molar-refractivity contribution in [2.75, 3.05) is 13.1 Å². The maximum atomic E-state index is 3.65. The zero-order valence-electron chi connectivity index (χ0n) is 10.7. The summed E-state index contributed by atoms with van der Waals surface area (Å²) in [6.07, 6.45) is 7.24. The molecule has 0 amide bonds. The fourth-order valence-electron chi connectivity index (χ4n) is 2.24. The van der Waals surface area contributed by atoms with Crippen LogP contribution in [0.15, 0.2) is 0 Å². The Kier molecular flexibility index (Phi) is 6.26. The average Bonchev–Trinajstić information content (AvgIpc) is 2.25. The van der Waals surface area contributed by atoms with Gasteiger partial charge in [-0.05, 0) is 32.2 Å². The lowest BCUT2D eigenvalue weighted by Gasteiger charge is -2.24. The topological polar surface area (TPSA) is 24.1 Å². The summed E-state index contributed by atoms with van der Waals surface area (Å²) in [5, 5.41) is 7.12. The van der Waals surface area contributed by atoms with Crippen LogP contribution in [-0.4, -0.2) is 25.2 Å². The van der Waals surface area contributed by atoms with Gasteiger partial charge in [-0.2, -0.15) is 0 Å². The van der Waals surface area contributed by atoms with E-state index in [9.17, 15) is 0 Å². The molecule has 0 saturated heterocycles. The highest BCUT2D eigenvalue weighted by atomic mass is 15.0. The molecule has 0 heterocycles. The van der Waals surface area contributed by atoms with Crippen molar-refractivity contribution in [2.24, 2.45) is 5.92 Å². The third-order valence-electron chi connectivity index (χ3n) is 3.31. The summed E-state index contributed by atoms with van der Waals surface area (Å²) in [7, 11) is 0. The Morgan fingerprint density at radius 2 is 1.67 bits per heavy atom. The molecule has 2 N–H and O–H groups in total. The molecule has 2 nitrogen and oxygen atoms in total. The molecule has 0 aliphatic heterocycles. The molecule has 2 heteroatoms. The number of hydrogen-bond donors (Lipinski definition) is 2. The lowest BCUT2D eigenvalue weighted by atomic mass is 9.89. The summed E-state index contributed by atoms with van der Waals surface area (Å²) in [6, 6.07) is 1.21. The normalized spacial score (nSPS) is 20.8. The highest BCUT2D eigenvalue weighted by molar-refractivity contribution is 4.72. The highest BCUT2D eigenvalue weighted by Gasteiger charge is 2.13. The van der Waals surface area contributed by atoms with Crippen molar-refractivity contribution >= 4 is 0 Å². The van der Waals surface area contributed by atoms with Gasteiger partial charge >= 0.3 is 0 Å². The molecule has 0 spiro atoms. The van der Waals surface area contributed by atoms with Gasteiger partial charge < -0.3 is 10.6 Å². The molecule has 0 aromatic carbocycles. The van der Waals surface area contributed by atoms with E-state index in [1.54, 1.807) is 0 Å². The summed E-state index contributed by atoms with van der Waals surface area (Å²) in [5.41, 5.74) is 0. The van der Waals surface area contributed by atoms with Crippen LogP contribution in [0.25, 0.3) is 0 Å². The predicted molar refractivity (Wildman–Crippen MR) is 67.2 cm³/mol. The van der Waals surface area contributed by atoms with Crippen LogP contribution in [0.4, 0.5) is 0 Å². The van der Waals surface area contributed by atoms with Crippen LogP contribution in [0.5, 0.6) is 0 Å². The first-order valence-electron chi connectivity index (χ1n) is 6.65. The first-order chi connectivity index (χ1) is 7.18. The van der Waals surface area contributed by atoms with Gasteiger partial charge in [0.25, 0.3) is 0 Å². The van der Waals surface area contributed by atoms with Crippen LogP contribution >= 0.6 is 0 Å². The fraction of sp³-hybridized carbons (Fsp3) is 1.00. The third kappa shape index (κ3) is 6.16. The maximum Gasteiger partial charge on any atom is 0.0164 e. The van der Waals surface area contributed by atoms with Crippen LogP contribution < -0.4 is 10.6 Å². The first-order valence-corrected chi connectivity index (χ1v) is 6.65. The number of nitrogens with one attached hydrogen (secondary N) is 2. The van der Waals surface area contributed by atoms with Gasteiger partial charge in [0, 0.05) is 18.6 Å². The van der Waals surface area contributed by atoms with Crippen molar-refractivity contribution in [3.63, 3.8) is 0 Å². The van der Waals surface area contributed by atoms with Crippen LogP contribution in [0, 0.1) is 5.92 Å². The molecule has 0 aromatic heterocycles. The minimum absolute atomic E-state index is 0.601. The first kappa shape index (κ1) is 13.0. The summed E-state index contributed by atoms with van der Waals surface area (Å²) in [4.78, 5) is 0. The van der Waals surface area contributed by atoms with Gasteiger partial charge in [-0.15, -0.1) is 0 Å². The second kappa shape index (κ2) is 7.24. The molecule has 0 aromatic rings.